The van der Waals surface area contributed by atoms with Gasteiger partial charge in [-0.25, -0.2) is 18.4 Å². The van der Waals surface area contributed by atoms with Gasteiger partial charge in [-0.1, -0.05) is 6.07 Å². The normalized spacial score (nSPS) is 11.1. The number of anilines is 2. The molecule has 0 spiro atoms. The molecule has 0 aliphatic rings. The second kappa shape index (κ2) is 10.1. The number of benzene rings is 1. The zero-order valence-corrected chi connectivity index (χ0v) is 18.6. The first kappa shape index (κ1) is 22.3. The molecule has 0 saturated heterocycles. The minimum atomic E-state index is -3.91. The molecule has 0 fully saturated rings. The Hall–Kier alpha value is -3.35. The highest BCUT2D eigenvalue weighted by Crippen LogP contribution is 2.22. The van der Waals surface area contributed by atoms with Crippen molar-refractivity contribution >= 4 is 62.2 Å². The number of thiophene rings is 1. The number of rotatable bonds is 7. The second-order valence-electron chi connectivity index (χ2n) is 5.84. The van der Waals surface area contributed by atoms with Crippen LogP contribution in [0.1, 0.15) is 4.88 Å². The summed E-state index contributed by atoms with van der Waals surface area (Å²) >= 11 is 6.62. The molecular weight excluding hydrogens is 458 g/mol. The third kappa shape index (κ3) is 6.31. The van der Waals surface area contributed by atoms with Crippen LogP contribution < -0.4 is 20.1 Å². The first-order valence-electron chi connectivity index (χ1n) is 8.69. The Morgan fingerprint density at radius 1 is 1.16 bits per heavy atom. The molecule has 0 aliphatic heterocycles. The summed E-state index contributed by atoms with van der Waals surface area (Å²) in [5, 5.41) is 7.34. The van der Waals surface area contributed by atoms with E-state index in [1.165, 1.54) is 61.2 Å². The lowest BCUT2D eigenvalue weighted by Crippen LogP contribution is -2.32. The van der Waals surface area contributed by atoms with Gasteiger partial charge in [0.15, 0.2) is 5.11 Å². The van der Waals surface area contributed by atoms with Crippen LogP contribution in [0, 0.1) is 0 Å². The molecule has 0 bridgehead atoms. The van der Waals surface area contributed by atoms with Gasteiger partial charge in [0.05, 0.1) is 12.0 Å². The molecule has 1 amide bonds. The van der Waals surface area contributed by atoms with Crippen molar-refractivity contribution in [2.45, 2.75) is 4.90 Å². The highest BCUT2D eigenvalue weighted by Gasteiger charge is 2.18. The van der Waals surface area contributed by atoms with Gasteiger partial charge in [-0.2, -0.15) is 0 Å². The molecule has 2 aromatic heterocycles. The molecule has 31 heavy (non-hydrogen) atoms. The molecular formula is C19H17N5O4S3. The smallest absolute Gasteiger partial charge is 0.263 e. The maximum Gasteiger partial charge on any atom is 0.263 e. The number of hydrogen-bond acceptors (Lipinski definition) is 8. The third-order valence-corrected chi connectivity index (χ3v) is 6.09. The summed E-state index contributed by atoms with van der Waals surface area (Å²) < 4.78 is 32.5. The number of nitrogens with zero attached hydrogens (tertiary/aromatic N) is 2. The molecule has 3 aromatic rings. The average molecular weight is 476 g/mol. The van der Waals surface area contributed by atoms with E-state index < -0.39 is 10.0 Å². The lowest BCUT2D eigenvalue weighted by atomic mass is 10.3. The first-order chi connectivity index (χ1) is 14.9. The Bertz CT molecular complexity index is 1190. The molecule has 0 atom stereocenters. The van der Waals surface area contributed by atoms with Crippen LogP contribution in [0.5, 0.6) is 5.88 Å². The lowest BCUT2D eigenvalue weighted by molar-refractivity contribution is -0.115. The van der Waals surface area contributed by atoms with E-state index in [4.69, 9.17) is 17.0 Å². The quantitative estimate of drug-likeness (QED) is 0.352. The van der Waals surface area contributed by atoms with Gasteiger partial charge in [-0.3, -0.25) is 14.8 Å². The molecule has 3 N–H and O–H groups in total. The fourth-order valence-electron chi connectivity index (χ4n) is 2.31. The number of methoxy groups -OCH3 is 1. The number of nitrogens with one attached hydrogen (secondary N) is 3. The Morgan fingerprint density at radius 3 is 2.58 bits per heavy atom. The van der Waals surface area contributed by atoms with E-state index >= 15 is 0 Å². The SMILES string of the molecule is COc1nccnc1NS(=O)(=O)c1ccc(NC(=S)NC(=O)C=Cc2cccs2)cc1. The molecule has 12 heteroatoms. The van der Waals surface area contributed by atoms with E-state index in [1.807, 2.05) is 17.5 Å². The standard InChI is InChI=1S/C19H17N5O4S3/c1-28-18-17(20-10-11-21-18)24-31(26,27)15-7-4-13(5-8-15)22-19(29)23-16(25)9-6-14-3-2-12-30-14/h2-12H,1H3,(H,20,24)(H2,22,23,25,29). The molecule has 1 aromatic carbocycles. The average Bonchev–Trinajstić information content (AvgIpc) is 3.26. The van der Waals surface area contributed by atoms with Gasteiger partial charge in [0, 0.05) is 29.0 Å². The fraction of sp³-hybridized carbons (Fsp3) is 0.0526. The molecule has 2 heterocycles. The summed E-state index contributed by atoms with van der Waals surface area (Å²) in [6, 6.07) is 9.57. The van der Waals surface area contributed by atoms with Crippen LogP contribution in [0.15, 0.2) is 65.1 Å². The Kier molecular flexibility index (Phi) is 7.28. The maximum absolute atomic E-state index is 12.6. The molecule has 0 aliphatic carbocycles. The number of amides is 1. The van der Waals surface area contributed by atoms with Crippen molar-refractivity contribution in [3.8, 4) is 5.88 Å². The number of hydrogen-bond donors (Lipinski definition) is 3. The van der Waals surface area contributed by atoms with Crippen LogP contribution in [-0.2, 0) is 14.8 Å². The molecule has 160 valence electrons. The van der Waals surface area contributed by atoms with Crippen molar-refractivity contribution in [3.05, 3.63) is 65.1 Å². The third-order valence-electron chi connectivity index (χ3n) is 3.69. The number of thiocarbonyl (C=S) groups is 1. The number of aromatic nitrogens is 2. The van der Waals surface area contributed by atoms with Crippen molar-refractivity contribution in [3.63, 3.8) is 0 Å². The van der Waals surface area contributed by atoms with Crippen LogP contribution >= 0.6 is 23.6 Å². The van der Waals surface area contributed by atoms with Gasteiger partial charge >= 0.3 is 0 Å². The Morgan fingerprint density at radius 2 is 1.90 bits per heavy atom. The van der Waals surface area contributed by atoms with Gasteiger partial charge in [0.25, 0.3) is 15.9 Å². The largest absolute Gasteiger partial charge is 0.478 e. The Labute approximate surface area is 188 Å². The van der Waals surface area contributed by atoms with Crippen molar-refractivity contribution in [1.82, 2.24) is 15.3 Å². The van der Waals surface area contributed by atoms with Crippen molar-refractivity contribution < 1.29 is 17.9 Å². The van der Waals surface area contributed by atoms with E-state index in [0.29, 0.717) is 5.69 Å². The number of carbonyl (C=O) groups excluding carboxylic acids is 1. The van der Waals surface area contributed by atoms with E-state index in [9.17, 15) is 13.2 Å². The summed E-state index contributed by atoms with van der Waals surface area (Å²) in [6.45, 7) is 0. The zero-order valence-electron chi connectivity index (χ0n) is 16.1. The van der Waals surface area contributed by atoms with Crippen LogP contribution in [-0.4, -0.2) is 36.5 Å². The van der Waals surface area contributed by atoms with Crippen LogP contribution in [0.2, 0.25) is 0 Å². The van der Waals surface area contributed by atoms with E-state index in [2.05, 4.69) is 25.3 Å². The lowest BCUT2D eigenvalue weighted by Gasteiger charge is -2.11. The highest BCUT2D eigenvalue weighted by molar-refractivity contribution is 7.92. The van der Waals surface area contributed by atoms with Crippen LogP contribution in [0.3, 0.4) is 0 Å². The molecule has 9 nitrogen and oxygen atoms in total. The number of carbonyl (C=O) groups is 1. The van der Waals surface area contributed by atoms with E-state index in [1.54, 1.807) is 6.08 Å². The fourth-order valence-corrected chi connectivity index (χ4v) is 4.15. The summed E-state index contributed by atoms with van der Waals surface area (Å²) in [5.41, 5.74) is 0.503. The monoisotopic (exact) mass is 475 g/mol. The maximum atomic E-state index is 12.6. The zero-order chi connectivity index (χ0) is 22.3. The molecule has 0 unspecified atom stereocenters. The van der Waals surface area contributed by atoms with Gasteiger partial charge in [0.1, 0.15) is 0 Å². The second-order valence-corrected chi connectivity index (χ2v) is 8.91. The predicted octanol–water partition coefficient (Wildman–Crippen LogP) is 2.87. The van der Waals surface area contributed by atoms with Gasteiger partial charge < -0.3 is 10.1 Å². The Balaban J connectivity index is 1.60. The van der Waals surface area contributed by atoms with E-state index in [0.717, 1.165) is 4.88 Å². The molecule has 0 saturated carbocycles. The summed E-state index contributed by atoms with van der Waals surface area (Å²) in [4.78, 5) is 20.7. The van der Waals surface area contributed by atoms with Crippen LogP contribution in [0.25, 0.3) is 6.08 Å². The first-order valence-corrected chi connectivity index (χ1v) is 11.5. The molecule has 0 radical (unpaired) electrons. The van der Waals surface area contributed by atoms with Crippen LogP contribution in [0.4, 0.5) is 11.5 Å². The number of sulfonamides is 1. The topological polar surface area (TPSA) is 122 Å². The summed E-state index contributed by atoms with van der Waals surface area (Å²) in [6.07, 6.45) is 5.79. The molecule has 3 rings (SSSR count). The van der Waals surface area contributed by atoms with Gasteiger partial charge in [0.2, 0.25) is 11.7 Å². The van der Waals surface area contributed by atoms with Crippen molar-refractivity contribution in [2.24, 2.45) is 0 Å². The number of ether oxygens (including phenoxy) is 1. The van der Waals surface area contributed by atoms with Gasteiger partial charge in [-0.15, -0.1) is 11.3 Å². The summed E-state index contributed by atoms with van der Waals surface area (Å²) in [7, 11) is -2.55. The minimum Gasteiger partial charge on any atom is -0.478 e. The minimum absolute atomic E-state index is 0.000378. The van der Waals surface area contributed by atoms with E-state index in [-0.39, 0.29) is 27.6 Å². The highest BCUT2D eigenvalue weighted by atomic mass is 32.2. The summed E-state index contributed by atoms with van der Waals surface area (Å²) in [5.74, 6) is -0.350. The van der Waals surface area contributed by atoms with Gasteiger partial charge in [-0.05, 0) is 54.0 Å². The van der Waals surface area contributed by atoms with Crippen molar-refractivity contribution in [2.75, 3.05) is 17.1 Å². The predicted molar refractivity (Wildman–Crippen MR) is 124 cm³/mol. The van der Waals surface area contributed by atoms with Crippen molar-refractivity contribution in [1.29, 1.82) is 0 Å².